The smallest absolute Gasteiger partial charge is 0.152 e. The predicted molar refractivity (Wildman–Crippen MR) is 21.0 cm³/mol. The second-order valence-electron chi connectivity index (χ2n) is 1.68. The molecule has 0 amide bonds. The molecule has 0 rings (SSSR count). The summed E-state index contributed by atoms with van der Waals surface area (Å²) in [6, 6.07) is 0. The molecule has 0 aliphatic rings. The van der Waals surface area contributed by atoms with E-state index in [-0.39, 0.29) is 0 Å². The molecule has 0 atom stereocenters. The van der Waals surface area contributed by atoms with Crippen molar-refractivity contribution in [1.82, 2.24) is 0 Å². The van der Waals surface area contributed by atoms with Crippen LogP contribution in [0.4, 0.5) is 18.1 Å². The van der Waals surface area contributed by atoms with Crippen molar-refractivity contribution in [3.8, 4) is 0 Å². The van der Waals surface area contributed by atoms with E-state index in [2.05, 4.69) is 19.8 Å². The van der Waals surface area contributed by atoms with Gasteiger partial charge in [0.15, 0.2) is 0 Å². The average molecular weight is 180 g/mol. The van der Waals surface area contributed by atoms with E-state index in [1.54, 1.807) is 0 Å². The Bertz CT molecular complexity index is 104. The molecule has 68 valence electrons. The van der Waals surface area contributed by atoms with E-state index in [4.69, 9.17) is 0 Å². The zero-order chi connectivity index (χ0) is 8.91. The van der Waals surface area contributed by atoms with Crippen LogP contribution in [0.2, 0.25) is 0 Å². The first kappa shape index (κ1) is 10.6. The van der Waals surface area contributed by atoms with Crippen LogP contribution < -0.4 is 0 Å². The van der Waals surface area contributed by atoms with Gasteiger partial charge in [0.05, 0.1) is 0 Å². The quantitative estimate of drug-likeness (QED) is 0.476. The molecule has 11 heavy (non-hydrogen) atoms. The molecule has 0 aromatic carbocycles. The van der Waals surface area contributed by atoms with Crippen LogP contribution in [0.15, 0.2) is 0 Å². The average Bonchev–Trinajstić information content (AvgIpc) is 2.06. The van der Waals surface area contributed by atoms with Crippen molar-refractivity contribution in [2.45, 2.75) is 19.0 Å². The van der Waals surface area contributed by atoms with Crippen molar-refractivity contribution < 1.29 is 37.9 Å². The van der Waals surface area contributed by atoms with Crippen LogP contribution in [0.25, 0.3) is 0 Å². The van der Waals surface area contributed by atoms with Gasteiger partial charge in [0, 0.05) is 6.92 Å². The van der Waals surface area contributed by atoms with Gasteiger partial charge in [0.2, 0.25) is 0 Å². The van der Waals surface area contributed by atoms with E-state index in [1.807, 2.05) is 0 Å². The first-order valence-corrected chi connectivity index (χ1v) is 2.29. The maximum atomic E-state index is 11.3. The fourth-order valence-electron chi connectivity index (χ4n) is 0.260. The van der Waals surface area contributed by atoms with Crippen LogP contribution in [0.5, 0.6) is 0 Å². The van der Waals surface area contributed by atoms with Gasteiger partial charge >= 0.3 is 0 Å². The fraction of sp³-hybridized carbons (Fsp3) is 1.00. The fourth-order valence-corrected chi connectivity index (χ4v) is 0.260. The number of hydrogen-bond acceptors (Lipinski definition) is 4. The van der Waals surface area contributed by atoms with Gasteiger partial charge in [-0.15, -0.1) is 9.88 Å². The van der Waals surface area contributed by atoms with E-state index >= 15 is 0 Å². The van der Waals surface area contributed by atoms with E-state index in [1.165, 1.54) is 0 Å². The van der Waals surface area contributed by atoms with Gasteiger partial charge in [-0.25, -0.2) is 0 Å². The molecule has 0 bridgehead atoms. The molecule has 0 saturated heterocycles. The Hall–Kier alpha value is -0.440. The van der Waals surface area contributed by atoms with Crippen LogP contribution in [0.1, 0.15) is 6.92 Å². The van der Waals surface area contributed by atoms with Crippen LogP contribution >= 0.6 is 0 Å². The lowest BCUT2D eigenvalue weighted by atomic mass is 10.3. The summed E-state index contributed by atoms with van der Waals surface area (Å²) in [6.07, 6.45) is -2.60. The topological polar surface area (TPSA) is 36.9 Å². The molecule has 0 N–H and O–H groups in total. The maximum Gasteiger partial charge on any atom is 0.298 e. The SMILES string of the molecule is CC(OF)(OF)C(OF)OF. The van der Waals surface area contributed by atoms with Crippen LogP contribution in [0, 0.1) is 0 Å². The standard InChI is InChI=1S/C3H4F4O4/c1-3(10-6,11-7)2(8-4)9-5/h2H,1H3. The molecule has 0 spiro atoms. The molecule has 4 nitrogen and oxygen atoms in total. The minimum Gasteiger partial charge on any atom is -0.152 e. The van der Waals surface area contributed by atoms with Crippen molar-refractivity contribution in [3.05, 3.63) is 0 Å². The number of halogens is 4. The van der Waals surface area contributed by atoms with Crippen molar-refractivity contribution in [3.63, 3.8) is 0 Å². The summed E-state index contributed by atoms with van der Waals surface area (Å²) >= 11 is 0. The highest BCUT2D eigenvalue weighted by atomic mass is 19.3. The van der Waals surface area contributed by atoms with Gasteiger partial charge in [-0.2, -0.15) is 9.88 Å². The summed E-state index contributed by atoms with van der Waals surface area (Å²) in [4.78, 5) is 10.6. The summed E-state index contributed by atoms with van der Waals surface area (Å²) in [7, 11) is 0. The second-order valence-corrected chi connectivity index (χ2v) is 1.68. The monoisotopic (exact) mass is 180 g/mol. The molecule has 0 aromatic heterocycles. The van der Waals surface area contributed by atoms with Crippen molar-refractivity contribution >= 4 is 0 Å². The highest BCUT2D eigenvalue weighted by molar-refractivity contribution is 4.62. The van der Waals surface area contributed by atoms with Gasteiger partial charge in [-0.05, 0) is 18.1 Å². The highest BCUT2D eigenvalue weighted by Crippen LogP contribution is 2.23. The molecule has 8 heteroatoms. The second kappa shape index (κ2) is 4.44. The van der Waals surface area contributed by atoms with Gasteiger partial charge in [0.25, 0.3) is 12.1 Å². The van der Waals surface area contributed by atoms with E-state index in [0.717, 1.165) is 0 Å². The van der Waals surface area contributed by atoms with E-state index in [0.29, 0.717) is 6.92 Å². The Kier molecular flexibility index (Phi) is 4.26. The summed E-state index contributed by atoms with van der Waals surface area (Å²) in [5.41, 5.74) is 0. The van der Waals surface area contributed by atoms with Crippen LogP contribution in [-0.2, 0) is 19.8 Å². The van der Waals surface area contributed by atoms with E-state index in [9.17, 15) is 18.1 Å². The Morgan fingerprint density at radius 2 is 1.36 bits per heavy atom. The maximum absolute atomic E-state index is 11.3. The molecular formula is C3H4F4O4. The molecular weight excluding hydrogens is 176 g/mol. The van der Waals surface area contributed by atoms with Crippen molar-refractivity contribution in [2.24, 2.45) is 0 Å². The molecule has 0 unspecified atom stereocenters. The van der Waals surface area contributed by atoms with E-state index < -0.39 is 12.1 Å². The third-order valence-corrected chi connectivity index (χ3v) is 0.896. The van der Waals surface area contributed by atoms with Gasteiger partial charge in [0.1, 0.15) is 0 Å². The normalized spacial score (nSPS) is 12.5. The Morgan fingerprint density at radius 3 is 1.45 bits per heavy atom. The zero-order valence-electron chi connectivity index (χ0n) is 5.22. The lowest BCUT2D eigenvalue weighted by Gasteiger charge is -2.21. The minimum atomic E-state index is -2.93. The molecule has 0 aliphatic carbocycles. The first-order valence-electron chi connectivity index (χ1n) is 2.29. The largest absolute Gasteiger partial charge is 0.298 e. The zero-order valence-corrected chi connectivity index (χ0v) is 5.22. The lowest BCUT2D eigenvalue weighted by Crippen LogP contribution is -2.42. The lowest BCUT2D eigenvalue weighted by molar-refractivity contribution is -0.505. The third kappa shape index (κ3) is 2.26. The van der Waals surface area contributed by atoms with Crippen molar-refractivity contribution in [2.75, 3.05) is 0 Å². The van der Waals surface area contributed by atoms with Gasteiger partial charge in [-0.3, -0.25) is 0 Å². The minimum absolute atomic E-state index is 0.511. The van der Waals surface area contributed by atoms with Crippen LogP contribution in [-0.4, -0.2) is 12.1 Å². The Morgan fingerprint density at radius 1 is 1.00 bits per heavy atom. The first-order chi connectivity index (χ1) is 5.14. The summed E-state index contributed by atoms with van der Waals surface area (Å²) in [5, 5.41) is 0. The Balaban J connectivity index is 4.19. The Labute approximate surface area is 58.2 Å². The van der Waals surface area contributed by atoms with Gasteiger partial charge < -0.3 is 0 Å². The molecule has 0 saturated carbocycles. The number of rotatable bonds is 5. The predicted octanol–water partition coefficient (Wildman–Crippen LogP) is 1.63. The molecule has 0 aromatic rings. The highest BCUT2D eigenvalue weighted by Gasteiger charge is 2.44. The van der Waals surface area contributed by atoms with Crippen molar-refractivity contribution in [1.29, 1.82) is 0 Å². The molecule has 0 heterocycles. The molecule has 0 aliphatic heterocycles. The van der Waals surface area contributed by atoms with Crippen LogP contribution in [0.3, 0.4) is 0 Å². The number of hydrogen-bond donors (Lipinski definition) is 0. The van der Waals surface area contributed by atoms with Gasteiger partial charge in [-0.1, -0.05) is 0 Å². The summed E-state index contributed by atoms with van der Waals surface area (Å²) in [6.45, 7) is 0.511. The molecule has 0 radical (unpaired) electrons. The molecule has 0 fully saturated rings. The summed E-state index contributed by atoms with van der Waals surface area (Å²) < 4.78 is 45.0. The summed E-state index contributed by atoms with van der Waals surface area (Å²) in [5.74, 6) is -2.93. The third-order valence-electron chi connectivity index (χ3n) is 0.896.